The van der Waals surface area contributed by atoms with E-state index in [4.69, 9.17) is 4.74 Å². The molecule has 0 rings (SSSR count). The van der Waals surface area contributed by atoms with Gasteiger partial charge < -0.3 is 20.5 Å². The van der Waals surface area contributed by atoms with Crippen LogP contribution < -0.4 is 10.6 Å². The summed E-state index contributed by atoms with van der Waals surface area (Å²) >= 11 is 0. The molecule has 2 atom stereocenters. The second-order valence-electron chi connectivity index (χ2n) is 6.91. The lowest BCUT2D eigenvalue weighted by Gasteiger charge is -2.27. The number of nitrogens with one attached hydrogen (secondary N) is 2. The molecule has 0 aromatic carbocycles. The molecule has 6 heteroatoms. The summed E-state index contributed by atoms with van der Waals surface area (Å²) in [7, 11) is 0. The molecule has 0 fully saturated rings. The molecule has 6 nitrogen and oxygen atoms in total. The van der Waals surface area contributed by atoms with E-state index in [0.717, 1.165) is 0 Å². The van der Waals surface area contributed by atoms with Crippen molar-refractivity contribution >= 4 is 12.0 Å². The third-order valence-electron chi connectivity index (χ3n) is 2.95. The molecule has 124 valence electrons. The van der Waals surface area contributed by atoms with Crippen LogP contribution in [0.25, 0.3) is 0 Å². The van der Waals surface area contributed by atoms with E-state index in [2.05, 4.69) is 10.6 Å². The minimum atomic E-state index is -0.701. The van der Waals surface area contributed by atoms with Gasteiger partial charge in [0.15, 0.2) is 0 Å². The summed E-state index contributed by atoms with van der Waals surface area (Å²) < 4.78 is 5.17. The number of carbonyl (C=O) groups excluding carboxylic acids is 2. The van der Waals surface area contributed by atoms with Gasteiger partial charge in [0.2, 0.25) is 5.91 Å². The van der Waals surface area contributed by atoms with Gasteiger partial charge in [-0.3, -0.25) is 4.79 Å². The Kier molecular flexibility index (Phi) is 7.71. The first-order valence-corrected chi connectivity index (χ1v) is 7.38. The number of carbonyl (C=O) groups is 2. The van der Waals surface area contributed by atoms with Crippen LogP contribution in [-0.4, -0.2) is 41.4 Å². The molecule has 0 radical (unpaired) electrons. The molecule has 0 saturated heterocycles. The Balaban J connectivity index is 4.75. The Hall–Kier alpha value is -1.30. The lowest BCUT2D eigenvalue weighted by molar-refractivity contribution is -0.125. The lowest BCUT2D eigenvalue weighted by Crippen LogP contribution is -2.54. The van der Waals surface area contributed by atoms with Gasteiger partial charge in [0, 0.05) is 0 Å². The molecule has 0 bridgehead atoms. The maximum atomic E-state index is 12.3. The monoisotopic (exact) mass is 302 g/mol. The van der Waals surface area contributed by atoms with Gasteiger partial charge in [0.05, 0.1) is 12.6 Å². The van der Waals surface area contributed by atoms with Gasteiger partial charge in [-0.25, -0.2) is 4.79 Å². The van der Waals surface area contributed by atoms with Crippen LogP contribution in [0.5, 0.6) is 0 Å². The second-order valence-corrected chi connectivity index (χ2v) is 6.91. The third-order valence-corrected chi connectivity index (χ3v) is 2.95. The van der Waals surface area contributed by atoms with Crippen LogP contribution in [0.2, 0.25) is 0 Å². The van der Waals surface area contributed by atoms with Crippen LogP contribution in [0.1, 0.15) is 48.5 Å². The zero-order valence-corrected chi connectivity index (χ0v) is 14.2. The summed E-state index contributed by atoms with van der Waals surface area (Å²) in [6, 6.07) is -1.04. The van der Waals surface area contributed by atoms with Crippen molar-refractivity contribution in [2.45, 2.75) is 66.2 Å². The van der Waals surface area contributed by atoms with Crippen LogP contribution in [-0.2, 0) is 9.53 Å². The highest BCUT2D eigenvalue weighted by atomic mass is 16.6. The number of hydrogen-bond donors (Lipinski definition) is 3. The van der Waals surface area contributed by atoms with E-state index in [1.165, 1.54) is 0 Å². The van der Waals surface area contributed by atoms with Crippen molar-refractivity contribution in [3.8, 4) is 0 Å². The number of amides is 2. The van der Waals surface area contributed by atoms with Crippen molar-refractivity contribution in [3.63, 3.8) is 0 Å². The van der Waals surface area contributed by atoms with E-state index in [1.807, 2.05) is 27.7 Å². The SMILES string of the molecule is CC(C)[C@H](NC(=O)OC(C)(C)C)C(=O)N[C@H](CO)C(C)C. The van der Waals surface area contributed by atoms with E-state index < -0.39 is 17.7 Å². The molecule has 0 aliphatic heterocycles. The average molecular weight is 302 g/mol. The zero-order chi connectivity index (χ0) is 16.8. The number of aliphatic hydroxyl groups excluding tert-OH is 1. The molecule has 2 amide bonds. The zero-order valence-electron chi connectivity index (χ0n) is 14.2. The molecular weight excluding hydrogens is 272 g/mol. The predicted molar refractivity (Wildman–Crippen MR) is 81.9 cm³/mol. The number of alkyl carbamates (subject to hydrolysis) is 1. The van der Waals surface area contributed by atoms with Gasteiger partial charge in [-0.2, -0.15) is 0 Å². The fraction of sp³-hybridized carbons (Fsp3) is 0.867. The number of aliphatic hydroxyl groups is 1. The van der Waals surface area contributed by atoms with Crippen LogP contribution in [0.4, 0.5) is 4.79 Å². The van der Waals surface area contributed by atoms with Crippen molar-refractivity contribution < 1.29 is 19.4 Å². The Labute approximate surface area is 127 Å². The number of ether oxygens (including phenoxy) is 1. The fourth-order valence-electron chi connectivity index (χ4n) is 1.67. The van der Waals surface area contributed by atoms with Gasteiger partial charge >= 0.3 is 6.09 Å². The maximum Gasteiger partial charge on any atom is 0.408 e. The lowest BCUT2D eigenvalue weighted by atomic mass is 10.0. The highest BCUT2D eigenvalue weighted by Crippen LogP contribution is 2.09. The standard InChI is InChI=1S/C15H30N2O4/c1-9(2)11(8-18)16-13(19)12(10(3)4)17-14(20)21-15(5,6)7/h9-12,18H,8H2,1-7H3,(H,16,19)(H,17,20)/t11-,12+/m1/s1. The van der Waals surface area contributed by atoms with Crippen LogP contribution in [0.15, 0.2) is 0 Å². The van der Waals surface area contributed by atoms with Gasteiger partial charge in [-0.15, -0.1) is 0 Å². The highest BCUT2D eigenvalue weighted by Gasteiger charge is 2.28. The summed E-state index contributed by atoms with van der Waals surface area (Å²) in [4.78, 5) is 24.1. The van der Waals surface area contributed by atoms with Gasteiger partial charge in [0.1, 0.15) is 11.6 Å². The average Bonchev–Trinajstić information content (AvgIpc) is 2.29. The van der Waals surface area contributed by atoms with E-state index in [9.17, 15) is 14.7 Å². The van der Waals surface area contributed by atoms with Crippen molar-refractivity contribution in [2.75, 3.05) is 6.61 Å². The molecule has 0 saturated carbocycles. The van der Waals surface area contributed by atoms with Crippen molar-refractivity contribution in [1.29, 1.82) is 0 Å². The molecular formula is C15H30N2O4. The van der Waals surface area contributed by atoms with Crippen molar-refractivity contribution in [1.82, 2.24) is 10.6 Å². The summed E-state index contributed by atoms with van der Waals surface area (Å²) in [5, 5.41) is 14.6. The molecule has 0 aliphatic rings. The van der Waals surface area contributed by atoms with Crippen molar-refractivity contribution in [3.05, 3.63) is 0 Å². The van der Waals surface area contributed by atoms with Crippen LogP contribution >= 0.6 is 0 Å². The highest BCUT2D eigenvalue weighted by molar-refractivity contribution is 5.86. The van der Waals surface area contributed by atoms with Gasteiger partial charge in [-0.05, 0) is 32.6 Å². The fourth-order valence-corrected chi connectivity index (χ4v) is 1.67. The number of hydrogen-bond acceptors (Lipinski definition) is 4. The first-order chi connectivity index (χ1) is 9.47. The van der Waals surface area contributed by atoms with Gasteiger partial charge in [-0.1, -0.05) is 27.7 Å². The first kappa shape index (κ1) is 19.7. The Morgan fingerprint density at radius 3 is 1.90 bits per heavy atom. The third kappa shape index (κ3) is 7.90. The minimum absolute atomic E-state index is 0.0935. The maximum absolute atomic E-state index is 12.3. The minimum Gasteiger partial charge on any atom is -0.444 e. The quantitative estimate of drug-likeness (QED) is 0.696. The van der Waals surface area contributed by atoms with Crippen LogP contribution in [0.3, 0.4) is 0 Å². The number of rotatable bonds is 6. The normalized spacial score (nSPS) is 14.8. The van der Waals surface area contributed by atoms with Crippen molar-refractivity contribution in [2.24, 2.45) is 11.8 Å². The summed E-state index contributed by atoms with van der Waals surface area (Å²) in [5.41, 5.74) is -0.617. The van der Waals surface area contributed by atoms with E-state index in [1.54, 1.807) is 20.8 Å². The van der Waals surface area contributed by atoms with E-state index in [0.29, 0.717) is 0 Å². The molecule has 0 unspecified atom stereocenters. The Morgan fingerprint density at radius 2 is 1.57 bits per heavy atom. The first-order valence-electron chi connectivity index (χ1n) is 7.38. The molecule has 0 aliphatic carbocycles. The van der Waals surface area contributed by atoms with E-state index in [-0.39, 0.29) is 30.4 Å². The van der Waals surface area contributed by atoms with Gasteiger partial charge in [0.25, 0.3) is 0 Å². The van der Waals surface area contributed by atoms with E-state index >= 15 is 0 Å². The molecule has 0 aromatic heterocycles. The topological polar surface area (TPSA) is 87.7 Å². The summed E-state index contributed by atoms with van der Waals surface area (Å²) in [6.07, 6.45) is -0.624. The molecule has 0 aromatic rings. The largest absolute Gasteiger partial charge is 0.444 e. The molecule has 0 spiro atoms. The Morgan fingerprint density at radius 1 is 1.05 bits per heavy atom. The Bertz CT molecular complexity index is 348. The van der Waals surface area contributed by atoms with Crippen LogP contribution in [0, 0.1) is 11.8 Å². The second kappa shape index (κ2) is 8.22. The molecule has 3 N–H and O–H groups in total. The molecule has 0 heterocycles. The predicted octanol–water partition coefficient (Wildman–Crippen LogP) is 1.67. The summed E-state index contributed by atoms with van der Waals surface area (Å²) in [5.74, 6) is -0.305. The smallest absolute Gasteiger partial charge is 0.408 e. The molecule has 21 heavy (non-hydrogen) atoms. The summed E-state index contributed by atoms with van der Waals surface area (Å²) in [6.45, 7) is 12.6.